The Morgan fingerprint density at radius 1 is 1.07 bits per heavy atom. The molecule has 1 atom stereocenters. The summed E-state index contributed by atoms with van der Waals surface area (Å²) in [5.41, 5.74) is 1.54. The predicted molar refractivity (Wildman–Crippen MR) is 102 cm³/mol. The summed E-state index contributed by atoms with van der Waals surface area (Å²) in [4.78, 5) is 23.5. The molecule has 0 aromatic heterocycles. The van der Waals surface area contributed by atoms with Crippen molar-refractivity contribution in [3.8, 4) is 11.5 Å². The first kappa shape index (κ1) is 20.1. The van der Waals surface area contributed by atoms with Gasteiger partial charge in [-0.3, -0.25) is 0 Å². The number of methoxy groups -OCH3 is 1. The Morgan fingerprint density at radius 3 is 2.48 bits per heavy atom. The van der Waals surface area contributed by atoms with Gasteiger partial charge in [0, 0.05) is 5.69 Å². The number of para-hydroxylation sites is 1. The molecule has 2 aromatic carbocycles. The number of esters is 1. The highest BCUT2D eigenvalue weighted by atomic mass is 16.6. The number of anilines is 1. The molecule has 0 aliphatic heterocycles. The van der Waals surface area contributed by atoms with Crippen molar-refractivity contribution >= 4 is 17.7 Å². The van der Waals surface area contributed by atoms with Gasteiger partial charge in [0.1, 0.15) is 0 Å². The van der Waals surface area contributed by atoms with Crippen LogP contribution in [0.3, 0.4) is 0 Å². The summed E-state index contributed by atoms with van der Waals surface area (Å²) in [5.74, 6) is 0.445. The fraction of sp³-hybridized carbons (Fsp3) is 0.300. The molecule has 0 fully saturated rings. The normalized spacial score (nSPS) is 11.2. The summed E-state index contributed by atoms with van der Waals surface area (Å²) in [5, 5.41) is 5.63. The van der Waals surface area contributed by atoms with E-state index in [0.29, 0.717) is 23.8 Å². The molecule has 0 aliphatic carbocycles. The maximum Gasteiger partial charge on any atom is 0.344 e. The second-order valence-electron chi connectivity index (χ2n) is 5.69. The third kappa shape index (κ3) is 6.22. The number of ether oxygens (including phenoxy) is 3. The van der Waals surface area contributed by atoms with E-state index in [2.05, 4.69) is 10.6 Å². The van der Waals surface area contributed by atoms with E-state index in [0.717, 1.165) is 5.56 Å². The third-order valence-electron chi connectivity index (χ3n) is 3.72. The Morgan fingerprint density at radius 2 is 1.81 bits per heavy atom. The van der Waals surface area contributed by atoms with Crippen molar-refractivity contribution in [2.45, 2.75) is 19.9 Å². The van der Waals surface area contributed by atoms with Crippen molar-refractivity contribution in [2.75, 3.05) is 25.6 Å². The molecule has 2 rings (SSSR count). The maximum absolute atomic E-state index is 12.1. The van der Waals surface area contributed by atoms with E-state index in [9.17, 15) is 9.59 Å². The van der Waals surface area contributed by atoms with Crippen LogP contribution in [0.2, 0.25) is 0 Å². The minimum Gasteiger partial charge on any atom is -0.493 e. The number of rotatable bonds is 8. The zero-order valence-electron chi connectivity index (χ0n) is 15.7. The molecule has 0 radical (unpaired) electrons. The van der Waals surface area contributed by atoms with E-state index in [1.807, 2.05) is 37.3 Å². The highest BCUT2D eigenvalue weighted by Gasteiger charge is 2.14. The quantitative estimate of drug-likeness (QED) is 0.693. The number of amides is 2. The van der Waals surface area contributed by atoms with Gasteiger partial charge in [0.05, 0.1) is 19.8 Å². The molecule has 2 amide bonds. The maximum atomic E-state index is 12.1. The van der Waals surface area contributed by atoms with Crippen LogP contribution in [0.4, 0.5) is 10.5 Å². The van der Waals surface area contributed by atoms with Gasteiger partial charge in [-0.25, -0.2) is 9.59 Å². The molecular weight excluding hydrogens is 348 g/mol. The molecule has 0 saturated carbocycles. The Bertz CT molecular complexity index is 764. The van der Waals surface area contributed by atoms with Gasteiger partial charge in [0.15, 0.2) is 18.1 Å². The van der Waals surface area contributed by atoms with Crippen molar-refractivity contribution < 1.29 is 23.8 Å². The predicted octanol–water partition coefficient (Wildman–Crippen LogP) is 3.52. The Kier molecular flexibility index (Phi) is 7.49. The Hall–Kier alpha value is -3.22. The third-order valence-corrected chi connectivity index (χ3v) is 3.72. The van der Waals surface area contributed by atoms with E-state index < -0.39 is 5.97 Å². The van der Waals surface area contributed by atoms with Gasteiger partial charge in [-0.15, -0.1) is 0 Å². The van der Waals surface area contributed by atoms with Gasteiger partial charge in [0.2, 0.25) is 0 Å². The molecule has 0 bridgehead atoms. The van der Waals surface area contributed by atoms with Crippen LogP contribution in [0.5, 0.6) is 11.5 Å². The molecule has 0 spiro atoms. The number of hydrogen-bond acceptors (Lipinski definition) is 5. The van der Waals surface area contributed by atoms with Crippen LogP contribution in [-0.4, -0.2) is 32.3 Å². The van der Waals surface area contributed by atoms with Crippen LogP contribution in [0, 0.1) is 0 Å². The topological polar surface area (TPSA) is 85.9 Å². The highest BCUT2D eigenvalue weighted by Crippen LogP contribution is 2.30. The summed E-state index contributed by atoms with van der Waals surface area (Å²) >= 11 is 0. The van der Waals surface area contributed by atoms with E-state index in [4.69, 9.17) is 14.2 Å². The standard InChI is InChI=1S/C20H24N2O5/c1-4-26-19(23)13-27-17-11-10-15(12-18(17)25-3)14(2)21-20(24)22-16-8-6-5-7-9-16/h5-12,14H,4,13H2,1-3H3,(H2,21,22,24). The lowest BCUT2D eigenvalue weighted by atomic mass is 10.1. The molecule has 27 heavy (non-hydrogen) atoms. The van der Waals surface area contributed by atoms with Crippen LogP contribution in [0.25, 0.3) is 0 Å². The molecule has 144 valence electrons. The van der Waals surface area contributed by atoms with Crippen LogP contribution in [-0.2, 0) is 9.53 Å². The van der Waals surface area contributed by atoms with Gasteiger partial charge >= 0.3 is 12.0 Å². The molecule has 0 aliphatic rings. The fourth-order valence-electron chi connectivity index (χ4n) is 2.38. The number of carbonyl (C=O) groups is 2. The highest BCUT2D eigenvalue weighted by molar-refractivity contribution is 5.89. The lowest BCUT2D eigenvalue weighted by Crippen LogP contribution is -2.31. The molecule has 2 aromatic rings. The van der Waals surface area contributed by atoms with E-state index in [-0.39, 0.29) is 18.7 Å². The van der Waals surface area contributed by atoms with E-state index >= 15 is 0 Å². The Labute approximate surface area is 158 Å². The average molecular weight is 372 g/mol. The summed E-state index contributed by atoms with van der Waals surface area (Å²) < 4.78 is 15.6. The van der Waals surface area contributed by atoms with Gasteiger partial charge < -0.3 is 24.8 Å². The van der Waals surface area contributed by atoms with E-state index in [1.54, 1.807) is 25.1 Å². The monoisotopic (exact) mass is 372 g/mol. The number of benzene rings is 2. The van der Waals surface area contributed by atoms with E-state index in [1.165, 1.54) is 7.11 Å². The van der Waals surface area contributed by atoms with Gasteiger partial charge in [-0.1, -0.05) is 24.3 Å². The van der Waals surface area contributed by atoms with Crippen molar-refractivity contribution in [1.29, 1.82) is 0 Å². The van der Waals surface area contributed by atoms with Gasteiger partial charge in [-0.05, 0) is 43.7 Å². The molecule has 0 heterocycles. The molecule has 0 saturated heterocycles. The summed E-state index contributed by atoms with van der Waals surface area (Å²) in [6, 6.07) is 13.9. The van der Waals surface area contributed by atoms with Crippen molar-refractivity contribution in [3.63, 3.8) is 0 Å². The number of urea groups is 1. The zero-order valence-corrected chi connectivity index (χ0v) is 15.7. The van der Waals surface area contributed by atoms with Crippen molar-refractivity contribution in [2.24, 2.45) is 0 Å². The largest absolute Gasteiger partial charge is 0.493 e. The number of carbonyl (C=O) groups excluding carboxylic acids is 2. The molecule has 7 heteroatoms. The summed E-state index contributed by atoms with van der Waals surface area (Å²) in [7, 11) is 1.51. The fourth-order valence-corrected chi connectivity index (χ4v) is 2.38. The lowest BCUT2D eigenvalue weighted by Gasteiger charge is -2.17. The zero-order chi connectivity index (χ0) is 19.6. The molecule has 7 nitrogen and oxygen atoms in total. The summed E-state index contributed by atoms with van der Waals surface area (Å²) in [6.07, 6.45) is 0. The number of nitrogens with one attached hydrogen (secondary N) is 2. The van der Waals surface area contributed by atoms with Crippen molar-refractivity contribution in [3.05, 3.63) is 54.1 Å². The van der Waals surface area contributed by atoms with Crippen LogP contribution in [0.1, 0.15) is 25.5 Å². The SMILES string of the molecule is CCOC(=O)COc1ccc(C(C)NC(=O)Nc2ccccc2)cc1OC. The second-order valence-corrected chi connectivity index (χ2v) is 5.69. The molecular formula is C20H24N2O5. The first-order valence-corrected chi connectivity index (χ1v) is 8.62. The van der Waals surface area contributed by atoms with Gasteiger partial charge in [0.25, 0.3) is 0 Å². The summed E-state index contributed by atoms with van der Waals surface area (Å²) in [6.45, 7) is 3.69. The van der Waals surface area contributed by atoms with Gasteiger partial charge in [-0.2, -0.15) is 0 Å². The first-order chi connectivity index (χ1) is 13.0. The second kappa shape index (κ2) is 10.1. The van der Waals surface area contributed by atoms with Crippen molar-refractivity contribution in [1.82, 2.24) is 5.32 Å². The van der Waals surface area contributed by atoms with Crippen LogP contribution in [0.15, 0.2) is 48.5 Å². The minimum absolute atomic E-state index is 0.198. The molecule has 1 unspecified atom stereocenters. The molecule has 2 N–H and O–H groups in total. The van der Waals surface area contributed by atoms with Crippen LogP contribution >= 0.6 is 0 Å². The smallest absolute Gasteiger partial charge is 0.344 e. The lowest BCUT2D eigenvalue weighted by molar-refractivity contribution is -0.145. The Balaban J connectivity index is 1.98. The number of hydrogen-bond donors (Lipinski definition) is 2. The first-order valence-electron chi connectivity index (χ1n) is 8.62. The van der Waals surface area contributed by atoms with Crippen LogP contribution < -0.4 is 20.1 Å². The average Bonchev–Trinajstić information content (AvgIpc) is 2.67. The minimum atomic E-state index is -0.448.